The Hall–Kier alpha value is -3.28. The van der Waals surface area contributed by atoms with Crippen molar-refractivity contribution in [3.05, 3.63) is 59.7 Å². The lowest BCUT2D eigenvalue weighted by Gasteiger charge is -2.10. The van der Waals surface area contributed by atoms with Crippen LogP contribution in [0.25, 0.3) is 6.08 Å². The van der Waals surface area contributed by atoms with Crippen molar-refractivity contribution in [2.75, 3.05) is 19.0 Å². The summed E-state index contributed by atoms with van der Waals surface area (Å²) < 4.78 is 10.9. The van der Waals surface area contributed by atoms with Crippen LogP contribution in [0.1, 0.15) is 29.3 Å². The number of ether oxygens (including phenoxy) is 2. The summed E-state index contributed by atoms with van der Waals surface area (Å²) >= 11 is 0. The summed E-state index contributed by atoms with van der Waals surface area (Å²) in [7, 11) is 1.55. The average Bonchev–Trinajstić information content (AvgIpc) is 2.65. The van der Waals surface area contributed by atoms with Crippen LogP contribution in [0.15, 0.2) is 48.5 Å². The zero-order chi connectivity index (χ0) is 18.9. The van der Waals surface area contributed by atoms with Crippen molar-refractivity contribution in [1.82, 2.24) is 0 Å². The van der Waals surface area contributed by atoms with E-state index in [-0.39, 0.29) is 11.3 Å². The first-order valence-electron chi connectivity index (χ1n) is 8.17. The quantitative estimate of drug-likeness (QED) is 0.703. The Morgan fingerprint density at radius 2 is 1.92 bits per heavy atom. The van der Waals surface area contributed by atoms with Gasteiger partial charge in [0.15, 0.2) is 11.5 Å². The molecule has 0 bridgehead atoms. The number of carbonyl (C=O) groups excluding carboxylic acids is 1. The maximum atomic E-state index is 12.1. The molecule has 2 aromatic carbocycles. The molecule has 26 heavy (non-hydrogen) atoms. The number of carboxylic acids is 1. The van der Waals surface area contributed by atoms with Gasteiger partial charge in [0.25, 0.3) is 0 Å². The molecule has 1 amide bonds. The van der Waals surface area contributed by atoms with E-state index in [0.717, 1.165) is 12.0 Å². The van der Waals surface area contributed by atoms with Gasteiger partial charge in [0.2, 0.25) is 5.91 Å². The van der Waals surface area contributed by atoms with E-state index in [4.69, 9.17) is 14.6 Å². The highest BCUT2D eigenvalue weighted by Crippen LogP contribution is 2.28. The molecule has 6 nitrogen and oxygen atoms in total. The van der Waals surface area contributed by atoms with Crippen molar-refractivity contribution in [2.45, 2.75) is 13.3 Å². The Morgan fingerprint density at radius 1 is 1.15 bits per heavy atom. The number of hydrogen-bond acceptors (Lipinski definition) is 4. The fourth-order valence-electron chi connectivity index (χ4n) is 2.24. The van der Waals surface area contributed by atoms with Crippen LogP contribution in [0.2, 0.25) is 0 Å². The number of amides is 1. The number of anilines is 1. The van der Waals surface area contributed by atoms with E-state index in [1.807, 2.05) is 13.0 Å². The first-order chi connectivity index (χ1) is 12.5. The molecule has 0 aliphatic carbocycles. The molecule has 0 aromatic heterocycles. The fraction of sp³-hybridized carbons (Fsp3) is 0.200. The zero-order valence-corrected chi connectivity index (χ0v) is 14.7. The SMILES string of the molecule is CCCOc1ccc(/C=C/C(=O)Nc2ccccc2C(=O)O)cc1OC. The highest BCUT2D eigenvalue weighted by Gasteiger charge is 2.10. The van der Waals surface area contributed by atoms with Crippen molar-refractivity contribution in [2.24, 2.45) is 0 Å². The van der Waals surface area contributed by atoms with Gasteiger partial charge in [-0.1, -0.05) is 25.1 Å². The number of rotatable bonds is 8. The van der Waals surface area contributed by atoms with Crippen LogP contribution >= 0.6 is 0 Å². The molecule has 0 spiro atoms. The standard InChI is InChI=1S/C20H21NO5/c1-3-12-26-17-10-8-14(13-18(17)25-2)9-11-19(22)21-16-7-5-4-6-15(16)20(23)24/h4-11,13H,3,12H2,1-2H3,(H,21,22)(H,23,24)/b11-9+. The van der Waals surface area contributed by atoms with Crippen LogP contribution in [-0.4, -0.2) is 30.7 Å². The van der Waals surface area contributed by atoms with Gasteiger partial charge in [0.05, 0.1) is 25.0 Å². The van der Waals surface area contributed by atoms with Gasteiger partial charge in [-0.2, -0.15) is 0 Å². The van der Waals surface area contributed by atoms with Gasteiger partial charge in [-0.25, -0.2) is 4.79 Å². The normalized spacial score (nSPS) is 10.5. The lowest BCUT2D eigenvalue weighted by Crippen LogP contribution is -2.11. The van der Waals surface area contributed by atoms with E-state index in [9.17, 15) is 9.59 Å². The Bertz CT molecular complexity index is 814. The van der Waals surface area contributed by atoms with Crippen LogP contribution in [0.3, 0.4) is 0 Å². The third-order valence-corrected chi connectivity index (χ3v) is 3.49. The minimum absolute atomic E-state index is 0.0355. The molecule has 0 unspecified atom stereocenters. The predicted octanol–water partition coefficient (Wildman–Crippen LogP) is 3.83. The molecular weight excluding hydrogens is 334 g/mol. The molecule has 2 N–H and O–H groups in total. The Kier molecular flexibility index (Phi) is 6.79. The van der Waals surface area contributed by atoms with Crippen molar-refractivity contribution >= 4 is 23.6 Å². The van der Waals surface area contributed by atoms with Gasteiger partial charge in [0, 0.05) is 6.08 Å². The largest absolute Gasteiger partial charge is 0.493 e. The number of hydrogen-bond donors (Lipinski definition) is 2. The molecule has 0 heterocycles. The number of nitrogens with one attached hydrogen (secondary N) is 1. The summed E-state index contributed by atoms with van der Waals surface area (Å²) in [6.45, 7) is 2.61. The van der Waals surface area contributed by atoms with E-state index in [1.54, 1.807) is 37.5 Å². The molecule has 0 aliphatic heterocycles. The van der Waals surface area contributed by atoms with Gasteiger partial charge >= 0.3 is 5.97 Å². The van der Waals surface area contributed by atoms with Gasteiger partial charge < -0.3 is 19.9 Å². The number of carboxylic acid groups (broad SMARTS) is 1. The van der Waals surface area contributed by atoms with Crippen LogP contribution in [-0.2, 0) is 4.79 Å². The van der Waals surface area contributed by atoms with Crippen molar-refractivity contribution in [3.63, 3.8) is 0 Å². The molecule has 2 aromatic rings. The second kappa shape index (κ2) is 9.27. The molecule has 0 radical (unpaired) electrons. The summed E-state index contributed by atoms with van der Waals surface area (Å²) in [6.07, 6.45) is 3.84. The minimum Gasteiger partial charge on any atom is -0.493 e. The molecule has 0 fully saturated rings. The van der Waals surface area contributed by atoms with Crippen LogP contribution in [0.5, 0.6) is 11.5 Å². The minimum atomic E-state index is -1.10. The zero-order valence-electron chi connectivity index (χ0n) is 14.7. The van der Waals surface area contributed by atoms with Crippen molar-refractivity contribution in [3.8, 4) is 11.5 Å². The lowest BCUT2D eigenvalue weighted by atomic mass is 10.1. The summed E-state index contributed by atoms with van der Waals surface area (Å²) in [5.41, 5.74) is 1.04. The smallest absolute Gasteiger partial charge is 0.337 e. The predicted molar refractivity (Wildman–Crippen MR) is 99.8 cm³/mol. The number of benzene rings is 2. The average molecular weight is 355 g/mol. The topological polar surface area (TPSA) is 84.9 Å². The molecule has 0 atom stereocenters. The van der Waals surface area contributed by atoms with Crippen LogP contribution < -0.4 is 14.8 Å². The third kappa shape index (κ3) is 5.11. The van der Waals surface area contributed by atoms with Crippen molar-refractivity contribution < 1.29 is 24.2 Å². The first-order valence-corrected chi connectivity index (χ1v) is 8.17. The van der Waals surface area contributed by atoms with Gasteiger partial charge in [-0.15, -0.1) is 0 Å². The third-order valence-electron chi connectivity index (χ3n) is 3.49. The van der Waals surface area contributed by atoms with Crippen molar-refractivity contribution in [1.29, 1.82) is 0 Å². The summed E-state index contributed by atoms with van der Waals surface area (Å²) in [5, 5.41) is 11.7. The highest BCUT2D eigenvalue weighted by molar-refractivity contribution is 6.06. The Morgan fingerprint density at radius 3 is 2.62 bits per heavy atom. The summed E-state index contributed by atoms with van der Waals surface area (Å²) in [4.78, 5) is 23.2. The maximum absolute atomic E-state index is 12.1. The first kappa shape index (κ1) is 19.1. The summed E-state index contributed by atoms with van der Waals surface area (Å²) in [5.74, 6) is -0.301. The van der Waals surface area contributed by atoms with Gasteiger partial charge in [-0.3, -0.25) is 4.79 Å². The number of aromatic carboxylic acids is 1. The maximum Gasteiger partial charge on any atom is 0.337 e. The second-order valence-electron chi connectivity index (χ2n) is 5.43. The van der Waals surface area contributed by atoms with Crippen LogP contribution in [0.4, 0.5) is 5.69 Å². The highest BCUT2D eigenvalue weighted by atomic mass is 16.5. The Labute approximate surface area is 152 Å². The number of carbonyl (C=O) groups is 2. The van der Waals surface area contributed by atoms with Gasteiger partial charge in [0.1, 0.15) is 0 Å². The fourth-order valence-corrected chi connectivity index (χ4v) is 2.24. The summed E-state index contributed by atoms with van der Waals surface area (Å²) in [6, 6.07) is 11.6. The molecule has 136 valence electrons. The molecule has 0 saturated carbocycles. The van der Waals surface area contributed by atoms with Gasteiger partial charge in [-0.05, 0) is 42.3 Å². The molecular formula is C20H21NO5. The molecule has 0 aliphatic rings. The van der Waals surface area contributed by atoms with E-state index in [0.29, 0.717) is 18.1 Å². The lowest BCUT2D eigenvalue weighted by molar-refractivity contribution is -0.111. The number of para-hydroxylation sites is 1. The van der Waals surface area contributed by atoms with Crippen LogP contribution in [0, 0.1) is 0 Å². The second-order valence-corrected chi connectivity index (χ2v) is 5.43. The number of methoxy groups -OCH3 is 1. The molecule has 6 heteroatoms. The van der Waals surface area contributed by atoms with E-state index in [1.165, 1.54) is 18.2 Å². The molecule has 0 saturated heterocycles. The molecule has 2 rings (SSSR count). The van der Waals surface area contributed by atoms with E-state index in [2.05, 4.69) is 5.32 Å². The monoisotopic (exact) mass is 355 g/mol. The van der Waals surface area contributed by atoms with E-state index >= 15 is 0 Å². The Balaban J connectivity index is 2.09. The van der Waals surface area contributed by atoms with E-state index < -0.39 is 11.9 Å².